The third kappa shape index (κ3) is 4.73. The van der Waals surface area contributed by atoms with Crippen LogP contribution >= 0.6 is 11.6 Å². The highest BCUT2D eigenvalue weighted by atomic mass is 35.5. The van der Waals surface area contributed by atoms with E-state index in [0.717, 1.165) is 25.3 Å². The summed E-state index contributed by atoms with van der Waals surface area (Å²) in [7, 11) is -1.64. The van der Waals surface area contributed by atoms with Crippen molar-refractivity contribution in [2.75, 3.05) is 33.9 Å². The number of hydrogen-bond donors (Lipinski definition) is 0. The van der Waals surface area contributed by atoms with Gasteiger partial charge in [0.2, 0.25) is 0 Å². The lowest BCUT2D eigenvalue weighted by atomic mass is 10.1. The van der Waals surface area contributed by atoms with Gasteiger partial charge in [0.05, 0.1) is 17.7 Å². The molecule has 0 radical (unpaired) electrons. The molecule has 8 nitrogen and oxygen atoms in total. The number of carbonyl (C=O) groups is 2. The summed E-state index contributed by atoms with van der Waals surface area (Å²) < 4.78 is 30.3. The average Bonchev–Trinajstić information content (AvgIpc) is 2.65. The molecule has 0 aliphatic carbocycles. The maximum Gasteiger partial charge on any atom is 0.338 e. The van der Waals surface area contributed by atoms with Crippen molar-refractivity contribution in [2.24, 2.45) is 0 Å². The van der Waals surface area contributed by atoms with E-state index in [1.54, 1.807) is 4.90 Å². The van der Waals surface area contributed by atoms with E-state index < -0.39 is 16.0 Å². The molecule has 0 N–H and O–H groups in total. The van der Waals surface area contributed by atoms with Gasteiger partial charge in [0.1, 0.15) is 4.90 Å². The molecule has 1 aliphatic rings. The highest BCUT2D eigenvalue weighted by Crippen LogP contribution is 2.25. The van der Waals surface area contributed by atoms with Crippen LogP contribution in [0.4, 0.5) is 0 Å². The second kappa shape index (κ2) is 8.81. The number of benzene rings is 1. The fraction of sp³-hybridized carbons (Fsp3) is 0.500. The van der Waals surface area contributed by atoms with Crippen LogP contribution in [0.2, 0.25) is 5.02 Å². The summed E-state index contributed by atoms with van der Waals surface area (Å²) in [5, 5.41) is -0.0603. The summed E-state index contributed by atoms with van der Waals surface area (Å²) in [6.07, 6.45) is 2.96. The van der Waals surface area contributed by atoms with Crippen LogP contribution in [-0.2, 0) is 24.4 Å². The van der Waals surface area contributed by atoms with E-state index in [0.29, 0.717) is 17.6 Å². The van der Waals surface area contributed by atoms with Gasteiger partial charge in [-0.1, -0.05) is 16.1 Å². The number of hydroxylamine groups is 1. The van der Waals surface area contributed by atoms with Gasteiger partial charge in [-0.25, -0.2) is 13.2 Å². The number of likely N-dealkylation sites (tertiary alicyclic amines) is 1. The number of rotatable bonds is 6. The van der Waals surface area contributed by atoms with Crippen LogP contribution in [0.5, 0.6) is 0 Å². The molecule has 1 amide bonds. The van der Waals surface area contributed by atoms with Gasteiger partial charge in [-0.05, 0) is 37.5 Å². The number of esters is 1. The summed E-state index contributed by atoms with van der Waals surface area (Å²) in [6.45, 7) is 0.924. The minimum Gasteiger partial charge on any atom is -0.452 e. The summed E-state index contributed by atoms with van der Waals surface area (Å²) in [4.78, 5) is 30.3. The van der Waals surface area contributed by atoms with E-state index in [1.807, 2.05) is 0 Å². The minimum atomic E-state index is -4.03. The lowest BCUT2D eigenvalue weighted by Gasteiger charge is -2.26. The van der Waals surface area contributed by atoms with Crippen molar-refractivity contribution in [1.29, 1.82) is 0 Å². The molecule has 2 rings (SSSR count). The van der Waals surface area contributed by atoms with Crippen LogP contribution in [0.3, 0.4) is 0 Å². The molecule has 1 aromatic carbocycles. The zero-order valence-electron chi connectivity index (χ0n) is 14.6. The fourth-order valence-electron chi connectivity index (χ4n) is 2.51. The lowest BCUT2D eigenvalue weighted by Crippen LogP contribution is -2.38. The zero-order chi connectivity index (χ0) is 19.3. The molecule has 1 heterocycles. The first-order valence-corrected chi connectivity index (χ1v) is 9.86. The van der Waals surface area contributed by atoms with E-state index in [1.165, 1.54) is 26.3 Å². The molecule has 1 aliphatic heterocycles. The molecule has 26 heavy (non-hydrogen) atoms. The van der Waals surface area contributed by atoms with E-state index in [9.17, 15) is 18.0 Å². The SMILES string of the molecule is CON(C)S(=O)(=O)c1cc(C(=O)OCC(=O)N2CCCCC2)ccc1Cl. The van der Waals surface area contributed by atoms with E-state index in [4.69, 9.17) is 21.2 Å². The van der Waals surface area contributed by atoms with Crippen LogP contribution in [0.1, 0.15) is 29.6 Å². The number of carbonyl (C=O) groups excluding carboxylic acids is 2. The Morgan fingerprint density at radius 1 is 1.23 bits per heavy atom. The zero-order valence-corrected chi connectivity index (χ0v) is 16.2. The van der Waals surface area contributed by atoms with Crippen molar-refractivity contribution < 1.29 is 27.6 Å². The second-order valence-corrected chi connectivity index (χ2v) is 8.07. The Bertz CT molecular complexity index is 777. The van der Waals surface area contributed by atoms with E-state index in [-0.39, 0.29) is 28.0 Å². The molecular weight excluding hydrogens is 384 g/mol. The normalized spacial score (nSPS) is 15.2. The Hall–Kier alpha value is -1.68. The molecule has 1 saturated heterocycles. The molecule has 0 saturated carbocycles. The maximum absolute atomic E-state index is 12.3. The summed E-state index contributed by atoms with van der Waals surface area (Å²) in [5.41, 5.74) is -0.0241. The van der Waals surface area contributed by atoms with Crippen LogP contribution in [-0.4, -0.2) is 63.5 Å². The molecule has 0 bridgehead atoms. The van der Waals surface area contributed by atoms with E-state index >= 15 is 0 Å². The summed E-state index contributed by atoms with van der Waals surface area (Å²) >= 11 is 5.94. The van der Waals surface area contributed by atoms with Crippen molar-refractivity contribution in [3.05, 3.63) is 28.8 Å². The predicted octanol–water partition coefficient (Wildman–Crippen LogP) is 1.69. The molecule has 0 aromatic heterocycles. The van der Waals surface area contributed by atoms with Gasteiger partial charge in [-0.15, -0.1) is 0 Å². The highest BCUT2D eigenvalue weighted by Gasteiger charge is 2.26. The Morgan fingerprint density at radius 3 is 2.50 bits per heavy atom. The molecule has 0 atom stereocenters. The van der Waals surface area contributed by atoms with Crippen molar-refractivity contribution in [3.63, 3.8) is 0 Å². The van der Waals surface area contributed by atoms with Gasteiger partial charge in [-0.3, -0.25) is 9.63 Å². The molecule has 0 unspecified atom stereocenters. The smallest absolute Gasteiger partial charge is 0.338 e. The number of halogens is 1. The van der Waals surface area contributed by atoms with Gasteiger partial charge in [0.25, 0.3) is 15.9 Å². The molecule has 0 spiro atoms. The Balaban J connectivity index is 2.10. The Labute approximate surface area is 157 Å². The maximum atomic E-state index is 12.3. The average molecular weight is 405 g/mol. The second-order valence-electron chi connectivity index (χ2n) is 5.76. The summed E-state index contributed by atoms with van der Waals surface area (Å²) in [6, 6.07) is 3.71. The molecular formula is C16H21ClN2O6S. The quantitative estimate of drug-likeness (QED) is 0.529. The minimum absolute atomic E-state index is 0.0241. The highest BCUT2D eigenvalue weighted by molar-refractivity contribution is 7.89. The first kappa shape index (κ1) is 20.6. The standard InChI is InChI=1S/C16H21ClN2O6S/c1-18(24-2)26(22,23)14-10-12(6-7-13(14)17)16(21)25-11-15(20)19-8-4-3-5-9-19/h6-7,10H,3-5,8-9,11H2,1-2H3. The Morgan fingerprint density at radius 2 is 1.88 bits per heavy atom. The monoisotopic (exact) mass is 404 g/mol. The van der Waals surface area contributed by atoms with Gasteiger partial charge in [0, 0.05) is 20.1 Å². The van der Waals surface area contributed by atoms with Crippen molar-refractivity contribution >= 4 is 33.5 Å². The van der Waals surface area contributed by atoms with Gasteiger partial charge in [-0.2, -0.15) is 0 Å². The molecule has 1 aromatic rings. The van der Waals surface area contributed by atoms with Crippen LogP contribution in [0, 0.1) is 0 Å². The van der Waals surface area contributed by atoms with Crippen molar-refractivity contribution in [3.8, 4) is 0 Å². The van der Waals surface area contributed by atoms with Crippen LogP contribution in [0.15, 0.2) is 23.1 Å². The number of sulfonamides is 1. The summed E-state index contributed by atoms with van der Waals surface area (Å²) in [5.74, 6) is -1.07. The van der Waals surface area contributed by atoms with Gasteiger partial charge in [0.15, 0.2) is 6.61 Å². The number of piperidine rings is 1. The first-order chi connectivity index (χ1) is 12.3. The molecule has 1 fully saturated rings. The number of hydrogen-bond acceptors (Lipinski definition) is 6. The number of nitrogens with zero attached hydrogens (tertiary/aromatic N) is 2. The number of amides is 1. The van der Waals surface area contributed by atoms with Crippen molar-refractivity contribution in [2.45, 2.75) is 24.2 Å². The lowest BCUT2D eigenvalue weighted by molar-refractivity contribution is -0.135. The van der Waals surface area contributed by atoms with Gasteiger partial charge >= 0.3 is 5.97 Å². The first-order valence-electron chi connectivity index (χ1n) is 8.05. The van der Waals surface area contributed by atoms with Gasteiger partial charge < -0.3 is 9.64 Å². The molecule has 10 heteroatoms. The van der Waals surface area contributed by atoms with Crippen molar-refractivity contribution in [1.82, 2.24) is 9.37 Å². The largest absolute Gasteiger partial charge is 0.452 e. The fourth-order valence-corrected chi connectivity index (χ4v) is 3.98. The molecule has 144 valence electrons. The number of ether oxygens (including phenoxy) is 1. The predicted molar refractivity (Wildman–Crippen MR) is 94.1 cm³/mol. The topological polar surface area (TPSA) is 93.2 Å². The Kier molecular flexibility index (Phi) is 6.99. The third-order valence-electron chi connectivity index (χ3n) is 4.08. The van der Waals surface area contributed by atoms with E-state index in [2.05, 4.69) is 0 Å². The van der Waals surface area contributed by atoms with Crippen LogP contribution in [0.25, 0.3) is 0 Å². The van der Waals surface area contributed by atoms with Crippen LogP contribution < -0.4 is 0 Å². The third-order valence-corrected chi connectivity index (χ3v) is 6.24.